The molecule has 0 spiro atoms. The second kappa shape index (κ2) is 6.49. The molecule has 0 N–H and O–H groups in total. The van der Waals surface area contributed by atoms with E-state index in [1.807, 2.05) is 119 Å². The first kappa shape index (κ1) is 18.8. The molecule has 0 saturated heterocycles. The topological polar surface area (TPSA) is 52.2 Å². The van der Waals surface area contributed by atoms with Gasteiger partial charge in [0.15, 0.2) is 12.4 Å². The van der Waals surface area contributed by atoms with Gasteiger partial charge in [-0.2, -0.15) is 0 Å². The third-order valence-corrected chi connectivity index (χ3v) is 6.43. The van der Waals surface area contributed by atoms with Crippen molar-refractivity contribution >= 4 is 23.8 Å². The van der Waals surface area contributed by atoms with Crippen molar-refractivity contribution in [3.05, 3.63) is 108 Å². The fraction of sp³-hybridized carbons (Fsp3) is 0.0714. The van der Waals surface area contributed by atoms with Crippen LogP contribution in [0.4, 0.5) is 11.4 Å². The lowest BCUT2D eigenvalue weighted by atomic mass is 10.2. The molecule has 2 unspecified atom stereocenters. The molecule has 35 heavy (non-hydrogen) atoms. The van der Waals surface area contributed by atoms with Crippen LogP contribution in [0, 0.1) is 0 Å². The maximum atomic E-state index is 6.73. The first-order chi connectivity index (χ1) is 17.2. The minimum absolute atomic E-state index is 0.621. The molecule has 7 nitrogen and oxygen atoms in total. The van der Waals surface area contributed by atoms with Gasteiger partial charge in [-0.1, -0.05) is 62.4 Å². The molecule has 4 aromatic carbocycles. The summed E-state index contributed by atoms with van der Waals surface area (Å²) in [5.74, 6) is 2.48. The summed E-state index contributed by atoms with van der Waals surface area (Å²) in [5, 5.41) is 0. The number of fused-ring (bicyclic) bond motifs is 8. The van der Waals surface area contributed by atoms with Crippen molar-refractivity contribution < 1.29 is 32.8 Å². The van der Waals surface area contributed by atoms with E-state index in [4.69, 9.17) is 23.7 Å². The average Bonchev–Trinajstić information content (AvgIpc) is 3.36. The van der Waals surface area contributed by atoms with E-state index in [0.717, 1.165) is 22.5 Å². The smallest absolute Gasteiger partial charge is 0.373 e. The number of nitrogens with zero attached hydrogens (tertiary/aromatic N) is 2. The Kier molecular flexibility index (Phi) is 3.48. The van der Waals surface area contributed by atoms with Gasteiger partial charge in [0.25, 0.3) is 11.4 Å². The van der Waals surface area contributed by atoms with Gasteiger partial charge in [-0.05, 0) is 36.4 Å². The Balaban J connectivity index is 1.32. The third-order valence-electron chi connectivity index (χ3n) is 6.43. The summed E-state index contributed by atoms with van der Waals surface area (Å²) in [6, 6.07) is 30.8. The quantitative estimate of drug-likeness (QED) is 0.404. The van der Waals surface area contributed by atoms with Crippen LogP contribution >= 0.6 is 0 Å². The molecule has 0 aromatic heterocycles. The molecule has 0 radical (unpaired) electrons. The molecule has 0 bridgehead atoms. The summed E-state index contributed by atoms with van der Waals surface area (Å²) in [6.45, 7) is 0. The van der Waals surface area contributed by atoms with Crippen LogP contribution in [0.3, 0.4) is 0 Å². The maximum absolute atomic E-state index is 6.73. The lowest BCUT2D eigenvalue weighted by Crippen LogP contribution is -2.64. The first-order valence-corrected chi connectivity index (χ1v) is 11.3. The highest BCUT2D eigenvalue weighted by Crippen LogP contribution is 2.50. The third kappa shape index (κ3) is 2.53. The van der Waals surface area contributed by atoms with Gasteiger partial charge in [-0.25, -0.2) is 0 Å². The second-order valence-corrected chi connectivity index (χ2v) is 8.57. The van der Waals surface area contributed by atoms with Gasteiger partial charge in [0.1, 0.15) is 11.5 Å². The van der Waals surface area contributed by atoms with Crippen molar-refractivity contribution in [2.24, 2.45) is 0 Å². The van der Waals surface area contributed by atoms with E-state index in [2.05, 4.69) is 0 Å². The summed E-state index contributed by atoms with van der Waals surface area (Å²) in [5.41, 5.74) is 3.42. The van der Waals surface area contributed by atoms with Gasteiger partial charge < -0.3 is 18.9 Å². The Bertz CT molecular complexity index is 1480. The number of hydrogen-bond acceptors (Lipinski definition) is 5. The van der Waals surface area contributed by atoms with Gasteiger partial charge in [0.2, 0.25) is 11.5 Å². The Morgan fingerprint density at radius 1 is 0.457 bits per heavy atom. The van der Waals surface area contributed by atoms with Crippen LogP contribution in [0.15, 0.2) is 97.1 Å². The standard InChI is InChI=1S/C28H18N2O5/c1-5-13-23-19(9-1)17-29-21-11-3-7-15-25(21)33-27(29,31-23)35-28-30(22-12-4-8-16-26(22)34-28)18-20-10-2-6-14-24(20)32-28/h1-18H/q+2. The van der Waals surface area contributed by atoms with Crippen molar-refractivity contribution in [2.45, 2.75) is 12.2 Å². The molecule has 168 valence electrons. The Hall–Kier alpha value is -4.62. The molecule has 0 amide bonds. The van der Waals surface area contributed by atoms with Crippen LogP contribution in [-0.2, 0) is 4.74 Å². The summed E-state index contributed by atoms with van der Waals surface area (Å²) in [6.07, 6.45) is 0.485. The number of benzene rings is 4. The zero-order valence-corrected chi connectivity index (χ0v) is 18.3. The fourth-order valence-corrected chi connectivity index (χ4v) is 4.85. The Morgan fingerprint density at radius 3 is 1.31 bits per heavy atom. The average molecular weight is 462 g/mol. The van der Waals surface area contributed by atoms with Crippen LogP contribution in [-0.4, -0.2) is 33.8 Å². The number of hydrogen-bond donors (Lipinski definition) is 0. The van der Waals surface area contributed by atoms with Crippen LogP contribution < -0.4 is 18.9 Å². The monoisotopic (exact) mass is 462 g/mol. The highest BCUT2D eigenvalue weighted by molar-refractivity contribution is 5.83. The van der Waals surface area contributed by atoms with Gasteiger partial charge >= 0.3 is 12.2 Å². The fourth-order valence-electron chi connectivity index (χ4n) is 4.85. The zero-order valence-electron chi connectivity index (χ0n) is 18.3. The zero-order chi connectivity index (χ0) is 23.0. The SMILES string of the molecule is C1=[N+]2c3ccccc3OC2(OC23Oc4ccccc4C=[N+]2c2ccccc2O3)Oc2ccccc21. The highest BCUT2D eigenvalue weighted by Gasteiger charge is 2.73. The Morgan fingerprint density at radius 2 is 0.829 bits per heavy atom. The molecular weight excluding hydrogens is 444 g/mol. The lowest BCUT2D eigenvalue weighted by molar-refractivity contribution is -0.787. The Labute approximate surface area is 200 Å². The molecule has 0 saturated carbocycles. The molecule has 4 aliphatic heterocycles. The van der Waals surface area contributed by atoms with E-state index in [-0.39, 0.29) is 0 Å². The van der Waals surface area contributed by atoms with E-state index < -0.39 is 12.2 Å². The van der Waals surface area contributed by atoms with Crippen LogP contribution in [0.25, 0.3) is 0 Å². The minimum Gasteiger partial charge on any atom is -0.373 e. The van der Waals surface area contributed by atoms with E-state index in [1.165, 1.54) is 0 Å². The van der Waals surface area contributed by atoms with Crippen molar-refractivity contribution in [2.75, 3.05) is 0 Å². The number of para-hydroxylation sites is 6. The number of rotatable bonds is 2. The van der Waals surface area contributed by atoms with Crippen molar-refractivity contribution in [3.8, 4) is 23.0 Å². The largest absolute Gasteiger partial charge is 0.632 e. The van der Waals surface area contributed by atoms with E-state index in [1.54, 1.807) is 0 Å². The summed E-state index contributed by atoms with van der Waals surface area (Å²) >= 11 is 0. The highest BCUT2D eigenvalue weighted by atomic mass is 17.0. The van der Waals surface area contributed by atoms with Crippen molar-refractivity contribution in [3.63, 3.8) is 0 Å². The molecule has 2 atom stereocenters. The van der Waals surface area contributed by atoms with Gasteiger partial charge in [-0.15, -0.1) is 0 Å². The molecule has 8 rings (SSSR count). The molecule has 7 heteroatoms. The summed E-state index contributed by atoms with van der Waals surface area (Å²) in [7, 11) is 0. The van der Waals surface area contributed by atoms with Gasteiger partial charge in [-0.3, -0.25) is 0 Å². The number of ether oxygens (including phenoxy) is 5. The van der Waals surface area contributed by atoms with E-state index >= 15 is 0 Å². The van der Waals surface area contributed by atoms with Gasteiger partial charge in [0, 0.05) is 12.1 Å². The molecule has 4 aliphatic rings. The molecular formula is C28H18N2O5+2. The molecule has 0 fully saturated rings. The van der Waals surface area contributed by atoms with Crippen LogP contribution in [0.5, 0.6) is 23.0 Å². The van der Waals surface area contributed by atoms with E-state index in [0.29, 0.717) is 23.0 Å². The van der Waals surface area contributed by atoms with Crippen molar-refractivity contribution in [1.82, 2.24) is 0 Å². The predicted octanol–water partition coefficient (Wildman–Crippen LogP) is 4.72. The first-order valence-electron chi connectivity index (χ1n) is 11.3. The summed E-state index contributed by atoms with van der Waals surface area (Å²) in [4.78, 5) is 0. The lowest BCUT2D eigenvalue weighted by Gasteiger charge is -2.31. The maximum Gasteiger partial charge on any atom is 0.632 e. The second-order valence-electron chi connectivity index (χ2n) is 8.57. The molecule has 4 heterocycles. The minimum atomic E-state index is -1.71. The normalized spacial score (nSPS) is 23.9. The molecule has 0 aliphatic carbocycles. The predicted molar refractivity (Wildman–Crippen MR) is 125 cm³/mol. The van der Waals surface area contributed by atoms with Crippen LogP contribution in [0.1, 0.15) is 11.1 Å². The van der Waals surface area contributed by atoms with Gasteiger partial charge in [0.05, 0.1) is 11.1 Å². The summed E-state index contributed by atoms with van der Waals surface area (Å²) < 4.78 is 36.1. The van der Waals surface area contributed by atoms with Crippen molar-refractivity contribution in [1.29, 1.82) is 0 Å². The van der Waals surface area contributed by atoms with E-state index in [9.17, 15) is 0 Å². The molecule has 4 aromatic rings. The van der Waals surface area contributed by atoms with Crippen LogP contribution in [0.2, 0.25) is 0 Å².